The number of methoxy groups -OCH3 is 1. The molecule has 2 rings (SSSR count). The van der Waals surface area contributed by atoms with Gasteiger partial charge in [-0.25, -0.2) is 4.39 Å². The second kappa shape index (κ2) is 7.57. The number of piperazine rings is 1. The van der Waals surface area contributed by atoms with Gasteiger partial charge in [0.2, 0.25) is 0 Å². The summed E-state index contributed by atoms with van der Waals surface area (Å²) in [5.74, 6) is 0.359. The molecule has 1 atom stereocenters. The van der Waals surface area contributed by atoms with Crippen LogP contribution in [0.2, 0.25) is 0 Å². The molecule has 0 spiro atoms. The highest BCUT2D eigenvalue weighted by atomic mass is 19.1. The Morgan fingerprint density at radius 1 is 1.40 bits per heavy atom. The molecular weight excluding hydrogens is 259 g/mol. The molecule has 0 saturated carbocycles. The van der Waals surface area contributed by atoms with Crippen LogP contribution in [0.3, 0.4) is 0 Å². The van der Waals surface area contributed by atoms with E-state index in [1.807, 2.05) is 0 Å². The van der Waals surface area contributed by atoms with Crippen molar-refractivity contribution >= 4 is 0 Å². The number of nitrogens with zero attached hydrogens (tertiary/aromatic N) is 1. The maximum atomic E-state index is 14.3. The number of aliphatic hydroxyl groups is 1. The average Bonchev–Trinajstić information content (AvgIpc) is 2.50. The van der Waals surface area contributed by atoms with Crippen LogP contribution in [0.25, 0.3) is 0 Å². The largest absolute Gasteiger partial charge is 0.496 e. The van der Waals surface area contributed by atoms with Crippen LogP contribution in [0.1, 0.15) is 24.4 Å². The van der Waals surface area contributed by atoms with Crippen LogP contribution in [0, 0.1) is 5.82 Å². The molecule has 1 fully saturated rings. The maximum Gasteiger partial charge on any atom is 0.131 e. The second-order valence-corrected chi connectivity index (χ2v) is 5.02. The third-order valence-electron chi connectivity index (χ3n) is 3.79. The Morgan fingerprint density at radius 2 is 2.15 bits per heavy atom. The minimum absolute atomic E-state index is 0.0413. The maximum absolute atomic E-state index is 14.3. The van der Waals surface area contributed by atoms with Crippen LogP contribution >= 0.6 is 0 Å². The summed E-state index contributed by atoms with van der Waals surface area (Å²) in [7, 11) is 1.57. The lowest BCUT2D eigenvalue weighted by molar-refractivity contribution is 0.149. The highest BCUT2D eigenvalue weighted by Gasteiger charge is 2.27. The molecule has 1 aliphatic rings. The third-order valence-corrected chi connectivity index (χ3v) is 3.79. The van der Waals surface area contributed by atoms with Crippen molar-refractivity contribution in [3.63, 3.8) is 0 Å². The van der Waals surface area contributed by atoms with Gasteiger partial charge in [0, 0.05) is 44.4 Å². The molecule has 20 heavy (non-hydrogen) atoms. The topological polar surface area (TPSA) is 44.7 Å². The highest BCUT2D eigenvalue weighted by molar-refractivity contribution is 5.37. The first-order valence-electron chi connectivity index (χ1n) is 7.16. The fourth-order valence-electron chi connectivity index (χ4n) is 2.81. The highest BCUT2D eigenvalue weighted by Crippen LogP contribution is 2.34. The Balaban J connectivity index is 2.29. The van der Waals surface area contributed by atoms with E-state index in [4.69, 9.17) is 9.84 Å². The van der Waals surface area contributed by atoms with Crippen molar-refractivity contribution in [1.29, 1.82) is 0 Å². The zero-order valence-corrected chi connectivity index (χ0v) is 11.9. The summed E-state index contributed by atoms with van der Waals surface area (Å²) < 4.78 is 19.6. The Labute approximate surface area is 119 Å². The summed E-state index contributed by atoms with van der Waals surface area (Å²) in [4.78, 5) is 2.27. The van der Waals surface area contributed by atoms with E-state index in [0.717, 1.165) is 32.6 Å². The summed E-state index contributed by atoms with van der Waals surface area (Å²) in [5.41, 5.74) is 0.616. The van der Waals surface area contributed by atoms with Gasteiger partial charge in [-0.2, -0.15) is 0 Å². The van der Waals surface area contributed by atoms with Gasteiger partial charge in [0.15, 0.2) is 0 Å². The Bertz CT molecular complexity index is 422. The lowest BCUT2D eigenvalue weighted by Gasteiger charge is -2.36. The number of ether oxygens (including phenoxy) is 1. The molecule has 5 heteroatoms. The average molecular weight is 282 g/mol. The van der Waals surface area contributed by atoms with Crippen molar-refractivity contribution in [3.05, 3.63) is 29.6 Å². The lowest BCUT2D eigenvalue weighted by Crippen LogP contribution is -2.45. The molecular formula is C15H23FN2O2. The summed E-state index contributed by atoms with van der Waals surface area (Å²) in [5, 5.41) is 12.4. The predicted octanol–water partition coefficient (Wildman–Crippen LogP) is 1.55. The molecule has 0 aliphatic carbocycles. The molecule has 1 aromatic rings. The zero-order valence-electron chi connectivity index (χ0n) is 11.9. The van der Waals surface area contributed by atoms with E-state index in [1.54, 1.807) is 19.2 Å². The summed E-state index contributed by atoms with van der Waals surface area (Å²) in [6.45, 7) is 3.71. The van der Waals surface area contributed by atoms with Gasteiger partial charge in [-0.3, -0.25) is 4.90 Å². The van der Waals surface area contributed by atoms with Gasteiger partial charge in [0.25, 0.3) is 0 Å². The molecule has 1 saturated heterocycles. The molecule has 4 nitrogen and oxygen atoms in total. The lowest BCUT2D eigenvalue weighted by atomic mass is 9.98. The fraction of sp³-hybridized carbons (Fsp3) is 0.600. The number of aliphatic hydroxyl groups excluding tert-OH is 1. The molecule has 0 bridgehead atoms. The van der Waals surface area contributed by atoms with Gasteiger partial charge in [0.05, 0.1) is 7.11 Å². The van der Waals surface area contributed by atoms with Crippen LogP contribution in [-0.4, -0.2) is 49.9 Å². The number of hydrogen-bond donors (Lipinski definition) is 2. The van der Waals surface area contributed by atoms with E-state index in [1.165, 1.54) is 6.07 Å². The van der Waals surface area contributed by atoms with Gasteiger partial charge in [-0.05, 0) is 25.0 Å². The van der Waals surface area contributed by atoms with Crippen molar-refractivity contribution in [2.75, 3.05) is 39.9 Å². The molecule has 0 radical (unpaired) electrons. The number of nitrogens with one attached hydrogen (secondary N) is 1. The van der Waals surface area contributed by atoms with E-state index in [0.29, 0.717) is 17.7 Å². The fourth-order valence-corrected chi connectivity index (χ4v) is 2.81. The SMILES string of the molecule is COc1cccc(F)c1[C@H](CCCO)N1CCNCC1. The number of benzene rings is 1. The number of halogens is 1. The van der Waals surface area contributed by atoms with Crippen molar-refractivity contribution in [1.82, 2.24) is 10.2 Å². The van der Waals surface area contributed by atoms with Crippen molar-refractivity contribution in [2.24, 2.45) is 0 Å². The summed E-state index contributed by atoms with van der Waals surface area (Å²) in [6.07, 6.45) is 1.39. The van der Waals surface area contributed by atoms with Crippen LogP contribution < -0.4 is 10.1 Å². The number of hydrogen-bond acceptors (Lipinski definition) is 4. The molecule has 1 aliphatic heterocycles. The van der Waals surface area contributed by atoms with Gasteiger partial charge < -0.3 is 15.2 Å². The molecule has 112 valence electrons. The van der Waals surface area contributed by atoms with Crippen LogP contribution in [0.15, 0.2) is 18.2 Å². The standard InChI is InChI=1S/C15H23FN2O2/c1-20-14-6-2-4-12(16)15(14)13(5-3-11-19)18-9-7-17-8-10-18/h2,4,6,13,17,19H,3,5,7-11H2,1H3/t13-/m0/s1. The van der Waals surface area contributed by atoms with E-state index >= 15 is 0 Å². The van der Waals surface area contributed by atoms with Crippen LogP contribution in [-0.2, 0) is 0 Å². The van der Waals surface area contributed by atoms with Gasteiger partial charge in [0.1, 0.15) is 11.6 Å². The molecule has 0 unspecified atom stereocenters. The molecule has 0 aromatic heterocycles. The first kappa shape index (κ1) is 15.2. The van der Waals surface area contributed by atoms with Gasteiger partial charge in [-0.15, -0.1) is 0 Å². The van der Waals surface area contributed by atoms with E-state index in [9.17, 15) is 4.39 Å². The molecule has 2 N–H and O–H groups in total. The minimum atomic E-state index is -0.231. The Hall–Kier alpha value is -1.17. The first-order valence-corrected chi connectivity index (χ1v) is 7.16. The Morgan fingerprint density at radius 3 is 2.80 bits per heavy atom. The summed E-state index contributed by atoms with van der Waals surface area (Å²) in [6, 6.07) is 4.90. The van der Waals surface area contributed by atoms with Crippen molar-refractivity contribution in [2.45, 2.75) is 18.9 Å². The number of rotatable bonds is 6. The van der Waals surface area contributed by atoms with Gasteiger partial charge >= 0.3 is 0 Å². The van der Waals surface area contributed by atoms with E-state index in [2.05, 4.69) is 10.2 Å². The van der Waals surface area contributed by atoms with Crippen molar-refractivity contribution < 1.29 is 14.2 Å². The van der Waals surface area contributed by atoms with Crippen LogP contribution in [0.5, 0.6) is 5.75 Å². The smallest absolute Gasteiger partial charge is 0.131 e. The molecule has 0 amide bonds. The monoisotopic (exact) mass is 282 g/mol. The van der Waals surface area contributed by atoms with Crippen molar-refractivity contribution in [3.8, 4) is 5.75 Å². The van der Waals surface area contributed by atoms with Crippen LogP contribution in [0.4, 0.5) is 4.39 Å². The Kier molecular flexibility index (Phi) is 5.76. The first-order chi connectivity index (χ1) is 9.77. The normalized spacial score (nSPS) is 17.9. The molecule has 1 heterocycles. The second-order valence-electron chi connectivity index (χ2n) is 5.02. The predicted molar refractivity (Wildman–Crippen MR) is 76.5 cm³/mol. The minimum Gasteiger partial charge on any atom is -0.496 e. The summed E-state index contributed by atoms with van der Waals surface area (Å²) >= 11 is 0. The molecule has 1 aromatic carbocycles. The van der Waals surface area contributed by atoms with Gasteiger partial charge in [-0.1, -0.05) is 6.07 Å². The third kappa shape index (κ3) is 3.48. The quantitative estimate of drug-likeness (QED) is 0.831. The zero-order chi connectivity index (χ0) is 14.4. The van der Waals surface area contributed by atoms with E-state index in [-0.39, 0.29) is 18.5 Å². The van der Waals surface area contributed by atoms with E-state index < -0.39 is 0 Å².